The van der Waals surface area contributed by atoms with E-state index in [1.165, 1.54) is 30.6 Å². The smallest absolute Gasteiger partial charge is 0.0346 e. The van der Waals surface area contributed by atoms with Crippen LogP contribution >= 0.6 is 23.4 Å². The molecule has 0 bridgehead atoms. The highest BCUT2D eigenvalue weighted by Gasteiger charge is 2.35. The topological polar surface area (TPSA) is 0 Å². The molecule has 11 heavy (non-hydrogen) atoms. The van der Waals surface area contributed by atoms with Crippen LogP contribution in [0.2, 0.25) is 0 Å². The van der Waals surface area contributed by atoms with Crippen LogP contribution in [0.4, 0.5) is 0 Å². The number of rotatable bonds is 0. The molecule has 0 aromatic carbocycles. The molecular weight excluding hydrogens is 176 g/mol. The normalized spacial score (nSPS) is 44.1. The predicted octanol–water partition coefficient (Wildman–Crippen LogP) is 3.41. The Hall–Kier alpha value is 0.380. The number of halogens is 1. The fraction of sp³-hybridized carbons (Fsp3) is 0.778. The molecule has 1 heterocycles. The quantitative estimate of drug-likeness (QED) is 0.525. The summed E-state index contributed by atoms with van der Waals surface area (Å²) >= 11 is 8.06. The number of allylic oxidation sites excluding steroid dienone is 1. The molecule has 3 atom stereocenters. The second-order valence-electron chi connectivity index (χ2n) is 3.57. The molecule has 2 fully saturated rings. The van der Waals surface area contributed by atoms with Gasteiger partial charge in [-0.3, -0.25) is 0 Å². The second kappa shape index (κ2) is 3.02. The zero-order valence-electron chi connectivity index (χ0n) is 6.55. The average Bonchev–Trinajstić information content (AvgIpc) is 2.27. The minimum Gasteiger partial charge on any atom is -0.127 e. The zero-order chi connectivity index (χ0) is 7.84. The Bertz CT molecular complexity index is 178. The minimum absolute atomic E-state index is 0.439. The third-order valence-corrected chi connectivity index (χ3v) is 4.45. The molecule has 3 unspecified atom stereocenters. The number of alkyl halides is 1. The van der Waals surface area contributed by atoms with Crippen LogP contribution in [0.15, 0.2) is 11.5 Å². The molecule has 0 aromatic heterocycles. The van der Waals surface area contributed by atoms with E-state index in [1.54, 1.807) is 0 Å². The van der Waals surface area contributed by atoms with Crippen molar-refractivity contribution in [1.82, 2.24) is 0 Å². The first-order valence-corrected chi connectivity index (χ1v) is 5.56. The van der Waals surface area contributed by atoms with Gasteiger partial charge in [-0.1, -0.05) is 6.58 Å². The first-order valence-electron chi connectivity index (χ1n) is 4.24. The van der Waals surface area contributed by atoms with Crippen molar-refractivity contribution >= 4 is 23.4 Å². The predicted molar refractivity (Wildman–Crippen MR) is 52.1 cm³/mol. The van der Waals surface area contributed by atoms with Crippen molar-refractivity contribution in [2.75, 3.05) is 0 Å². The van der Waals surface area contributed by atoms with Crippen molar-refractivity contribution in [3.05, 3.63) is 11.5 Å². The van der Waals surface area contributed by atoms with E-state index in [2.05, 4.69) is 6.58 Å². The monoisotopic (exact) mass is 188 g/mol. The molecule has 0 aromatic rings. The molecule has 1 aliphatic carbocycles. The fourth-order valence-electron chi connectivity index (χ4n) is 2.08. The summed E-state index contributed by atoms with van der Waals surface area (Å²) in [5, 5.41) is 1.24. The van der Waals surface area contributed by atoms with Gasteiger partial charge in [-0.15, -0.1) is 23.4 Å². The van der Waals surface area contributed by atoms with Crippen molar-refractivity contribution in [3.8, 4) is 0 Å². The molecule has 0 spiro atoms. The van der Waals surface area contributed by atoms with Crippen LogP contribution in [0.3, 0.4) is 0 Å². The third-order valence-electron chi connectivity index (χ3n) is 2.67. The molecule has 62 valence electrons. The number of hydrogen-bond acceptors (Lipinski definition) is 1. The van der Waals surface area contributed by atoms with Crippen LogP contribution in [0.1, 0.15) is 25.7 Å². The van der Waals surface area contributed by atoms with Crippen LogP contribution in [0.25, 0.3) is 0 Å². The van der Waals surface area contributed by atoms with Crippen molar-refractivity contribution in [2.45, 2.75) is 36.3 Å². The minimum atomic E-state index is 0.439. The maximum Gasteiger partial charge on any atom is 0.0346 e. The number of fused-ring (bicyclic) bond motifs is 1. The first-order chi connectivity index (χ1) is 5.25. The maximum atomic E-state index is 6.09. The first kappa shape index (κ1) is 8.00. The molecule has 2 rings (SSSR count). The van der Waals surface area contributed by atoms with Crippen LogP contribution in [0.5, 0.6) is 0 Å². The zero-order valence-corrected chi connectivity index (χ0v) is 8.13. The molecule has 0 nitrogen and oxygen atoms in total. The maximum absolute atomic E-state index is 6.09. The lowest BCUT2D eigenvalue weighted by atomic mass is 9.86. The Labute approximate surface area is 77.4 Å². The van der Waals surface area contributed by atoms with Gasteiger partial charge in [0, 0.05) is 10.6 Å². The van der Waals surface area contributed by atoms with E-state index < -0.39 is 0 Å². The summed E-state index contributed by atoms with van der Waals surface area (Å²) < 4.78 is 0. The van der Waals surface area contributed by atoms with Gasteiger partial charge < -0.3 is 0 Å². The van der Waals surface area contributed by atoms with Crippen LogP contribution in [-0.4, -0.2) is 10.6 Å². The van der Waals surface area contributed by atoms with E-state index >= 15 is 0 Å². The van der Waals surface area contributed by atoms with Gasteiger partial charge in [0.15, 0.2) is 0 Å². The summed E-state index contributed by atoms with van der Waals surface area (Å²) in [4.78, 5) is 1.38. The molecule has 1 saturated carbocycles. The lowest BCUT2D eigenvalue weighted by Crippen LogP contribution is -2.23. The van der Waals surface area contributed by atoms with E-state index in [-0.39, 0.29) is 0 Å². The lowest BCUT2D eigenvalue weighted by Gasteiger charge is -2.26. The molecule has 1 saturated heterocycles. The van der Waals surface area contributed by atoms with Crippen molar-refractivity contribution < 1.29 is 0 Å². The number of hydrogen-bond donors (Lipinski definition) is 0. The Kier molecular flexibility index (Phi) is 2.20. The van der Waals surface area contributed by atoms with Gasteiger partial charge in [0.25, 0.3) is 0 Å². The molecular formula is C9H13ClS. The van der Waals surface area contributed by atoms with E-state index in [0.29, 0.717) is 5.38 Å². The van der Waals surface area contributed by atoms with Gasteiger partial charge in [0.2, 0.25) is 0 Å². The summed E-state index contributed by atoms with van der Waals surface area (Å²) in [6.07, 6.45) is 5.00. The Balaban J connectivity index is 2.02. The van der Waals surface area contributed by atoms with Crippen molar-refractivity contribution in [2.24, 2.45) is 5.92 Å². The molecule has 1 aliphatic heterocycles. The summed E-state index contributed by atoms with van der Waals surface area (Å²) in [5.41, 5.74) is 0. The Morgan fingerprint density at radius 2 is 2.27 bits per heavy atom. The van der Waals surface area contributed by atoms with Crippen LogP contribution < -0.4 is 0 Å². The van der Waals surface area contributed by atoms with E-state index in [9.17, 15) is 0 Å². The van der Waals surface area contributed by atoms with Crippen LogP contribution in [0, 0.1) is 5.92 Å². The fourth-order valence-corrected chi connectivity index (χ4v) is 3.99. The van der Waals surface area contributed by atoms with Gasteiger partial charge in [0.1, 0.15) is 0 Å². The highest BCUT2D eigenvalue weighted by molar-refractivity contribution is 8.03. The largest absolute Gasteiger partial charge is 0.127 e. The standard InChI is InChI=1S/C9H13ClS/c1-6-4-7-2-3-8(10)5-9(7)11-6/h7-9H,1-5H2. The summed E-state index contributed by atoms with van der Waals surface area (Å²) in [6.45, 7) is 4.02. The van der Waals surface area contributed by atoms with Gasteiger partial charge in [-0.05, 0) is 36.5 Å². The lowest BCUT2D eigenvalue weighted by molar-refractivity contribution is 0.388. The summed E-state index contributed by atoms with van der Waals surface area (Å²) in [7, 11) is 0. The molecule has 0 radical (unpaired) electrons. The summed E-state index contributed by atoms with van der Waals surface area (Å²) in [6, 6.07) is 0. The average molecular weight is 189 g/mol. The van der Waals surface area contributed by atoms with Gasteiger partial charge in [-0.25, -0.2) is 0 Å². The molecule has 2 heteroatoms. The SMILES string of the molecule is C=C1CC2CCC(Cl)CC2S1. The molecule has 0 amide bonds. The molecule has 0 N–H and O–H groups in total. The van der Waals surface area contributed by atoms with E-state index in [1.807, 2.05) is 11.8 Å². The highest BCUT2D eigenvalue weighted by atomic mass is 35.5. The van der Waals surface area contributed by atoms with E-state index in [0.717, 1.165) is 11.2 Å². The van der Waals surface area contributed by atoms with E-state index in [4.69, 9.17) is 11.6 Å². The van der Waals surface area contributed by atoms with Crippen LogP contribution in [-0.2, 0) is 0 Å². The Morgan fingerprint density at radius 3 is 3.09 bits per heavy atom. The van der Waals surface area contributed by atoms with Crippen molar-refractivity contribution in [1.29, 1.82) is 0 Å². The molecule has 2 aliphatic rings. The van der Waals surface area contributed by atoms with Gasteiger partial charge in [-0.2, -0.15) is 0 Å². The second-order valence-corrected chi connectivity index (χ2v) is 5.61. The van der Waals surface area contributed by atoms with Crippen molar-refractivity contribution in [3.63, 3.8) is 0 Å². The third kappa shape index (κ3) is 1.59. The Morgan fingerprint density at radius 1 is 1.45 bits per heavy atom. The van der Waals surface area contributed by atoms with Gasteiger partial charge >= 0.3 is 0 Å². The van der Waals surface area contributed by atoms with Gasteiger partial charge in [0.05, 0.1) is 0 Å². The summed E-state index contributed by atoms with van der Waals surface area (Å²) in [5.74, 6) is 0.905. The number of thioether (sulfide) groups is 1. The highest BCUT2D eigenvalue weighted by Crippen LogP contribution is 2.48.